The van der Waals surface area contributed by atoms with Gasteiger partial charge in [0, 0.05) is 13.1 Å². The molecule has 12 heteroatoms. The smallest absolute Gasteiger partial charge is 0.422 e. The first kappa shape index (κ1) is 18.4. The van der Waals surface area contributed by atoms with E-state index < -0.39 is 33.7 Å². The summed E-state index contributed by atoms with van der Waals surface area (Å²) in [5, 5.41) is 11.7. The number of nitrogens with one attached hydrogen (secondary N) is 3. The summed E-state index contributed by atoms with van der Waals surface area (Å²) < 4.78 is 60.9. The molecule has 118 valence electrons. The summed E-state index contributed by atoms with van der Waals surface area (Å²) in [6.07, 6.45) is -4.33. The molecule has 0 saturated carbocycles. The molecule has 0 aliphatic carbocycles. The van der Waals surface area contributed by atoms with E-state index in [1.54, 1.807) is 0 Å². The zero-order valence-corrected chi connectivity index (χ0v) is 11.4. The predicted octanol–water partition coefficient (Wildman–Crippen LogP) is -0.760. The van der Waals surface area contributed by atoms with E-state index in [1.807, 2.05) is 10.0 Å². The number of hydrogen-bond donors (Lipinski definition) is 4. The summed E-state index contributed by atoms with van der Waals surface area (Å²) in [6, 6.07) is -1.39. The first-order valence-electron chi connectivity index (χ1n) is 5.10. The van der Waals surface area contributed by atoms with Gasteiger partial charge in [-0.1, -0.05) is 0 Å². The quantitative estimate of drug-likeness (QED) is 0.479. The van der Waals surface area contributed by atoms with Crippen molar-refractivity contribution >= 4 is 22.0 Å². The van der Waals surface area contributed by atoms with Crippen LogP contribution in [0, 0.1) is 0 Å². The number of carboxylic acids is 1. The van der Waals surface area contributed by atoms with E-state index >= 15 is 0 Å². The lowest BCUT2D eigenvalue weighted by Crippen LogP contribution is -2.63. The summed E-state index contributed by atoms with van der Waals surface area (Å²) in [5.41, 5.74) is -3.44. The maximum Gasteiger partial charge on any atom is 0.422 e. The average molecular weight is 321 g/mol. The Labute approximate surface area is 112 Å². The molecule has 8 nitrogen and oxygen atoms in total. The molecular formula is C8H14F3N3O5S. The summed E-state index contributed by atoms with van der Waals surface area (Å²) in [7, 11) is -3.49. The first-order valence-corrected chi connectivity index (χ1v) is 6.99. The summed E-state index contributed by atoms with van der Waals surface area (Å²) in [6.45, 7) is -0.266. The second-order valence-corrected chi connectivity index (χ2v) is 5.81. The maximum atomic E-state index is 12.5. The van der Waals surface area contributed by atoms with Crippen LogP contribution >= 0.6 is 0 Å². The molecule has 0 aromatic heterocycles. The molecule has 0 aliphatic heterocycles. The van der Waals surface area contributed by atoms with Crippen LogP contribution in [0.25, 0.3) is 0 Å². The van der Waals surface area contributed by atoms with E-state index in [0.717, 1.165) is 6.26 Å². The SMILES string of the molecule is CC(NC(=O)NCCNS(C)(=O)=O)(C(=O)O)C(F)(F)F. The van der Waals surface area contributed by atoms with E-state index in [0.29, 0.717) is 6.92 Å². The number of amides is 2. The number of aliphatic carboxylic acids is 1. The van der Waals surface area contributed by atoms with Gasteiger partial charge >= 0.3 is 18.2 Å². The normalized spacial score (nSPS) is 15.2. The Morgan fingerprint density at radius 3 is 2.05 bits per heavy atom. The third kappa shape index (κ3) is 5.61. The molecule has 0 rings (SSSR count). The zero-order chi connectivity index (χ0) is 16.2. The second kappa shape index (κ2) is 6.26. The molecule has 0 aromatic carbocycles. The van der Waals surface area contributed by atoms with Gasteiger partial charge in [0.1, 0.15) is 0 Å². The first-order chi connectivity index (χ1) is 8.79. The summed E-state index contributed by atoms with van der Waals surface area (Å²) in [5.74, 6) is -2.27. The molecule has 0 aromatic rings. The van der Waals surface area contributed by atoms with Crippen LogP contribution in [0.5, 0.6) is 0 Å². The van der Waals surface area contributed by atoms with Crippen molar-refractivity contribution in [2.75, 3.05) is 19.3 Å². The van der Waals surface area contributed by atoms with Gasteiger partial charge < -0.3 is 15.7 Å². The fourth-order valence-corrected chi connectivity index (χ4v) is 1.40. The number of sulfonamides is 1. The molecule has 0 radical (unpaired) electrons. The maximum absolute atomic E-state index is 12.5. The minimum atomic E-state index is -5.19. The van der Waals surface area contributed by atoms with Gasteiger partial charge in [0.2, 0.25) is 15.6 Å². The van der Waals surface area contributed by atoms with Crippen LogP contribution in [0.3, 0.4) is 0 Å². The fraction of sp³-hybridized carbons (Fsp3) is 0.750. The lowest BCUT2D eigenvalue weighted by molar-refractivity contribution is -0.203. The highest BCUT2D eigenvalue weighted by Crippen LogP contribution is 2.30. The van der Waals surface area contributed by atoms with E-state index in [-0.39, 0.29) is 13.1 Å². The largest absolute Gasteiger partial charge is 0.479 e. The van der Waals surface area contributed by atoms with Crippen molar-refractivity contribution < 1.29 is 36.3 Å². The van der Waals surface area contributed by atoms with Gasteiger partial charge in [-0.3, -0.25) is 0 Å². The van der Waals surface area contributed by atoms with Crippen molar-refractivity contribution in [3.05, 3.63) is 0 Å². The number of rotatable bonds is 6. The zero-order valence-electron chi connectivity index (χ0n) is 10.5. The Kier molecular flexibility index (Phi) is 5.77. The van der Waals surface area contributed by atoms with Crippen molar-refractivity contribution in [2.24, 2.45) is 0 Å². The number of carboxylic acid groups (broad SMARTS) is 1. The van der Waals surface area contributed by atoms with Crippen LogP contribution in [0.15, 0.2) is 0 Å². The minimum absolute atomic E-state index is 0.248. The van der Waals surface area contributed by atoms with Gasteiger partial charge in [-0.05, 0) is 6.92 Å². The van der Waals surface area contributed by atoms with Crippen LogP contribution in [0.1, 0.15) is 6.92 Å². The summed E-state index contributed by atoms with van der Waals surface area (Å²) >= 11 is 0. The van der Waals surface area contributed by atoms with E-state index in [1.165, 1.54) is 5.32 Å². The molecule has 0 bridgehead atoms. The molecule has 0 fully saturated rings. The molecule has 4 N–H and O–H groups in total. The fourth-order valence-electron chi connectivity index (χ4n) is 0.929. The lowest BCUT2D eigenvalue weighted by atomic mass is 10.0. The van der Waals surface area contributed by atoms with Gasteiger partial charge in [-0.15, -0.1) is 0 Å². The van der Waals surface area contributed by atoms with E-state index in [4.69, 9.17) is 5.11 Å². The Hall–Kier alpha value is -1.56. The van der Waals surface area contributed by atoms with E-state index in [9.17, 15) is 31.2 Å². The Morgan fingerprint density at radius 1 is 1.20 bits per heavy atom. The van der Waals surface area contributed by atoms with Crippen molar-refractivity contribution in [1.29, 1.82) is 0 Å². The number of halogens is 3. The number of hydrogen-bond acceptors (Lipinski definition) is 4. The third-order valence-electron chi connectivity index (χ3n) is 2.13. The van der Waals surface area contributed by atoms with Crippen LogP contribution in [0.2, 0.25) is 0 Å². The molecule has 2 amide bonds. The van der Waals surface area contributed by atoms with E-state index in [2.05, 4.69) is 0 Å². The van der Waals surface area contributed by atoms with Crippen LogP contribution < -0.4 is 15.4 Å². The Morgan fingerprint density at radius 2 is 1.70 bits per heavy atom. The number of urea groups is 1. The molecule has 1 atom stereocenters. The number of carbonyl (C=O) groups is 2. The Bertz CT molecular complexity index is 478. The average Bonchev–Trinajstić information content (AvgIpc) is 2.21. The molecule has 20 heavy (non-hydrogen) atoms. The van der Waals surface area contributed by atoms with Crippen molar-refractivity contribution in [1.82, 2.24) is 15.4 Å². The number of alkyl halides is 3. The second-order valence-electron chi connectivity index (χ2n) is 3.98. The van der Waals surface area contributed by atoms with Crippen molar-refractivity contribution in [3.63, 3.8) is 0 Å². The third-order valence-corrected chi connectivity index (χ3v) is 2.86. The minimum Gasteiger partial charge on any atom is -0.479 e. The van der Waals surface area contributed by atoms with Gasteiger partial charge in [0.15, 0.2) is 0 Å². The monoisotopic (exact) mass is 321 g/mol. The molecule has 0 heterocycles. The highest BCUT2D eigenvalue weighted by atomic mass is 32.2. The van der Waals surface area contributed by atoms with Crippen molar-refractivity contribution in [2.45, 2.75) is 18.6 Å². The van der Waals surface area contributed by atoms with Crippen molar-refractivity contribution in [3.8, 4) is 0 Å². The van der Waals surface area contributed by atoms with Crippen LogP contribution in [-0.2, 0) is 14.8 Å². The lowest BCUT2D eigenvalue weighted by Gasteiger charge is -2.28. The highest BCUT2D eigenvalue weighted by molar-refractivity contribution is 7.88. The predicted molar refractivity (Wildman–Crippen MR) is 61.5 cm³/mol. The van der Waals surface area contributed by atoms with Crippen LogP contribution in [-0.4, -0.2) is 56.6 Å². The van der Waals surface area contributed by atoms with Gasteiger partial charge in [-0.2, -0.15) is 13.2 Å². The molecule has 1 unspecified atom stereocenters. The number of carbonyl (C=O) groups excluding carboxylic acids is 1. The molecule has 0 aliphatic rings. The highest BCUT2D eigenvalue weighted by Gasteiger charge is 2.58. The molecular weight excluding hydrogens is 307 g/mol. The van der Waals surface area contributed by atoms with Gasteiger partial charge in [-0.25, -0.2) is 22.7 Å². The van der Waals surface area contributed by atoms with Crippen LogP contribution in [0.4, 0.5) is 18.0 Å². The topological polar surface area (TPSA) is 125 Å². The summed E-state index contributed by atoms with van der Waals surface area (Å²) in [4.78, 5) is 21.8. The molecule has 0 spiro atoms. The Balaban J connectivity index is 4.48. The standard InChI is InChI=1S/C8H14F3N3O5S/c1-7(5(15)16,8(9,10)11)14-6(17)12-3-4-13-20(2,18)19/h13H,3-4H2,1-2H3,(H,15,16)(H2,12,14,17). The molecule has 0 saturated heterocycles. The van der Waals surface area contributed by atoms with Gasteiger partial charge in [0.25, 0.3) is 0 Å². The van der Waals surface area contributed by atoms with Gasteiger partial charge in [0.05, 0.1) is 6.26 Å².